The molecule has 0 unspecified atom stereocenters. The number of thiol groups is 1. The number of aryl methyl sites for hydroxylation is 1. The summed E-state index contributed by atoms with van der Waals surface area (Å²) in [5.41, 5.74) is 7.46. The van der Waals surface area contributed by atoms with Crippen molar-refractivity contribution in [2.75, 3.05) is 5.73 Å². The van der Waals surface area contributed by atoms with Crippen LogP contribution in [0.1, 0.15) is 5.56 Å². The summed E-state index contributed by atoms with van der Waals surface area (Å²) >= 11 is 4.12. The summed E-state index contributed by atoms with van der Waals surface area (Å²) in [6, 6.07) is 5.79. The number of nitrogen functional groups attached to an aromatic ring is 1. The van der Waals surface area contributed by atoms with Crippen molar-refractivity contribution in [1.29, 1.82) is 0 Å². The maximum atomic E-state index is 5.54. The zero-order valence-corrected chi connectivity index (χ0v) is 6.15. The summed E-state index contributed by atoms with van der Waals surface area (Å²) in [6.07, 6.45) is 0. The molecule has 3 heteroatoms. The first-order valence-electron chi connectivity index (χ1n) is 2.75. The van der Waals surface area contributed by atoms with Gasteiger partial charge in [0.1, 0.15) is 0 Å². The van der Waals surface area contributed by atoms with Crippen LogP contribution in [0, 0.1) is 6.92 Å². The molecule has 1 rings (SSSR count). The molecular formula is C7H10NNaS. The van der Waals surface area contributed by atoms with E-state index in [1.807, 2.05) is 25.1 Å². The van der Waals surface area contributed by atoms with Crippen LogP contribution in [0.3, 0.4) is 0 Å². The molecule has 0 bridgehead atoms. The van der Waals surface area contributed by atoms with Crippen molar-refractivity contribution in [3.63, 3.8) is 0 Å². The second-order valence-corrected chi connectivity index (χ2v) is 2.54. The van der Waals surface area contributed by atoms with Gasteiger partial charge in [-0.2, -0.15) is 0 Å². The standard InChI is InChI=1S/C7H9NS.Na.H/c1-5-2-3-7(9)6(8)4-5;;/h2-4,9H,8H2,1H3;;. The SMILES string of the molecule is Cc1ccc(S)c(N)c1.[NaH]. The molecule has 1 aromatic rings. The first-order chi connectivity index (χ1) is 4.20. The third-order valence-corrected chi connectivity index (χ3v) is 1.59. The molecule has 0 radical (unpaired) electrons. The van der Waals surface area contributed by atoms with Gasteiger partial charge in [-0.15, -0.1) is 12.6 Å². The van der Waals surface area contributed by atoms with E-state index in [2.05, 4.69) is 12.6 Å². The minimum absolute atomic E-state index is 0. The molecule has 0 saturated heterocycles. The molecule has 0 amide bonds. The second-order valence-electron chi connectivity index (χ2n) is 2.06. The molecule has 10 heavy (non-hydrogen) atoms. The molecule has 0 aromatic heterocycles. The Hall–Kier alpha value is 0.370. The summed E-state index contributed by atoms with van der Waals surface area (Å²) in [6.45, 7) is 2.00. The number of rotatable bonds is 0. The van der Waals surface area contributed by atoms with Gasteiger partial charge in [-0.25, -0.2) is 0 Å². The van der Waals surface area contributed by atoms with Crippen LogP contribution in [0.25, 0.3) is 0 Å². The Morgan fingerprint density at radius 1 is 1.40 bits per heavy atom. The Bertz CT molecular complexity index is 225. The van der Waals surface area contributed by atoms with Gasteiger partial charge in [-0.05, 0) is 24.6 Å². The Balaban J connectivity index is 0.000000810. The van der Waals surface area contributed by atoms with E-state index in [0.29, 0.717) is 0 Å². The zero-order valence-electron chi connectivity index (χ0n) is 5.26. The third-order valence-electron chi connectivity index (χ3n) is 1.18. The summed E-state index contributed by atoms with van der Waals surface area (Å²) in [7, 11) is 0. The van der Waals surface area contributed by atoms with Gasteiger partial charge in [0.25, 0.3) is 0 Å². The van der Waals surface area contributed by atoms with E-state index in [4.69, 9.17) is 5.73 Å². The third kappa shape index (κ3) is 2.54. The summed E-state index contributed by atoms with van der Waals surface area (Å²) in [4.78, 5) is 0.848. The van der Waals surface area contributed by atoms with Crippen LogP contribution in [0.4, 0.5) is 5.69 Å². The molecule has 50 valence electrons. The quantitative estimate of drug-likeness (QED) is 0.335. The first kappa shape index (κ1) is 10.4. The van der Waals surface area contributed by atoms with Crippen LogP contribution in [0.15, 0.2) is 23.1 Å². The fourth-order valence-corrected chi connectivity index (χ4v) is 0.813. The minimum atomic E-state index is 0. The predicted molar refractivity (Wildman–Crippen MR) is 50.0 cm³/mol. The van der Waals surface area contributed by atoms with Crippen molar-refractivity contribution in [3.05, 3.63) is 23.8 Å². The van der Waals surface area contributed by atoms with Crippen LogP contribution >= 0.6 is 12.6 Å². The number of hydrogen-bond acceptors (Lipinski definition) is 2. The zero-order chi connectivity index (χ0) is 6.85. The number of anilines is 1. The summed E-state index contributed by atoms with van der Waals surface area (Å²) in [5, 5.41) is 0. The van der Waals surface area contributed by atoms with Crippen LogP contribution < -0.4 is 5.73 Å². The Morgan fingerprint density at radius 2 is 2.00 bits per heavy atom. The van der Waals surface area contributed by atoms with Gasteiger partial charge in [-0.3, -0.25) is 0 Å². The van der Waals surface area contributed by atoms with E-state index in [-0.39, 0.29) is 29.6 Å². The van der Waals surface area contributed by atoms with E-state index >= 15 is 0 Å². The van der Waals surface area contributed by atoms with Gasteiger partial charge in [-0.1, -0.05) is 6.07 Å². The fraction of sp³-hybridized carbons (Fsp3) is 0.143. The first-order valence-corrected chi connectivity index (χ1v) is 3.20. The van der Waals surface area contributed by atoms with E-state index in [1.165, 1.54) is 5.56 Å². The molecule has 0 spiro atoms. The van der Waals surface area contributed by atoms with Crippen LogP contribution in [-0.4, -0.2) is 29.6 Å². The van der Waals surface area contributed by atoms with E-state index < -0.39 is 0 Å². The number of benzene rings is 1. The average molecular weight is 163 g/mol. The number of hydrogen-bond donors (Lipinski definition) is 2. The van der Waals surface area contributed by atoms with Gasteiger partial charge in [0, 0.05) is 10.6 Å². The molecule has 0 aliphatic rings. The summed E-state index contributed by atoms with van der Waals surface area (Å²) in [5.74, 6) is 0. The molecular weight excluding hydrogens is 153 g/mol. The van der Waals surface area contributed by atoms with Crippen molar-refractivity contribution < 1.29 is 0 Å². The van der Waals surface area contributed by atoms with Gasteiger partial charge < -0.3 is 5.73 Å². The Labute approximate surface area is 88.7 Å². The molecule has 2 N–H and O–H groups in total. The van der Waals surface area contributed by atoms with Crippen molar-refractivity contribution in [2.45, 2.75) is 11.8 Å². The van der Waals surface area contributed by atoms with Crippen molar-refractivity contribution >= 4 is 47.9 Å². The molecule has 0 atom stereocenters. The van der Waals surface area contributed by atoms with Crippen molar-refractivity contribution in [2.24, 2.45) is 0 Å². The summed E-state index contributed by atoms with van der Waals surface area (Å²) < 4.78 is 0. The number of nitrogens with two attached hydrogens (primary N) is 1. The molecule has 0 aliphatic carbocycles. The van der Waals surface area contributed by atoms with E-state index in [9.17, 15) is 0 Å². The van der Waals surface area contributed by atoms with Crippen molar-refractivity contribution in [1.82, 2.24) is 0 Å². The second kappa shape index (κ2) is 4.29. The molecule has 0 heterocycles. The van der Waals surface area contributed by atoms with Crippen molar-refractivity contribution in [3.8, 4) is 0 Å². The Morgan fingerprint density at radius 3 is 2.40 bits per heavy atom. The molecule has 1 aromatic carbocycles. The van der Waals surface area contributed by atoms with Crippen LogP contribution in [0.5, 0.6) is 0 Å². The molecule has 1 nitrogen and oxygen atoms in total. The Kier molecular flexibility index (Phi) is 4.45. The fourth-order valence-electron chi connectivity index (χ4n) is 0.674. The molecule has 0 saturated carbocycles. The molecule has 0 aliphatic heterocycles. The monoisotopic (exact) mass is 163 g/mol. The van der Waals surface area contributed by atoms with Gasteiger partial charge in [0.05, 0.1) is 0 Å². The molecule has 0 fully saturated rings. The van der Waals surface area contributed by atoms with Gasteiger partial charge in [0.2, 0.25) is 0 Å². The van der Waals surface area contributed by atoms with E-state index in [1.54, 1.807) is 0 Å². The van der Waals surface area contributed by atoms with E-state index in [0.717, 1.165) is 10.6 Å². The average Bonchev–Trinajstić information content (AvgIpc) is 1.80. The van der Waals surface area contributed by atoms with Gasteiger partial charge in [0.15, 0.2) is 0 Å². The maximum absolute atomic E-state index is 5.54. The van der Waals surface area contributed by atoms with Crippen LogP contribution in [-0.2, 0) is 0 Å². The normalized spacial score (nSPS) is 8.60. The predicted octanol–water partition coefficient (Wildman–Crippen LogP) is 1.22. The van der Waals surface area contributed by atoms with Crippen LogP contribution in [0.2, 0.25) is 0 Å². The van der Waals surface area contributed by atoms with Gasteiger partial charge >= 0.3 is 29.6 Å². The topological polar surface area (TPSA) is 26.0 Å².